The number of aromatic nitrogens is 1. The summed E-state index contributed by atoms with van der Waals surface area (Å²) >= 11 is 1.17. The predicted molar refractivity (Wildman–Crippen MR) is 101 cm³/mol. The van der Waals surface area contributed by atoms with Gasteiger partial charge in [0.05, 0.1) is 10.7 Å². The molecule has 1 atom stereocenters. The van der Waals surface area contributed by atoms with Crippen LogP contribution >= 0.6 is 23.7 Å². The van der Waals surface area contributed by atoms with Gasteiger partial charge in [0.2, 0.25) is 0 Å². The van der Waals surface area contributed by atoms with Crippen LogP contribution in [0.25, 0.3) is 0 Å². The van der Waals surface area contributed by atoms with Crippen molar-refractivity contribution < 1.29 is 8.42 Å². The number of sulfonamides is 1. The molecule has 1 unspecified atom stereocenters. The minimum Gasteiger partial charge on any atom is -0.323 e. The molecule has 3 N–H and O–H groups in total. The summed E-state index contributed by atoms with van der Waals surface area (Å²) in [7, 11) is -3.57. The summed E-state index contributed by atoms with van der Waals surface area (Å²) in [5, 5.41) is 0.733. The number of nitrogens with two attached hydrogens (primary N) is 1. The van der Waals surface area contributed by atoms with E-state index in [0.717, 1.165) is 10.6 Å². The molecule has 1 aromatic carbocycles. The topological polar surface area (TPSA) is 85.1 Å². The molecule has 0 amide bonds. The van der Waals surface area contributed by atoms with Crippen molar-refractivity contribution in [1.29, 1.82) is 0 Å². The summed E-state index contributed by atoms with van der Waals surface area (Å²) in [5.41, 5.74) is 8.78. The van der Waals surface area contributed by atoms with E-state index in [1.807, 2.05) is 24.3 Å². The molecule has 2 rings (SSSR count). The molecule has 24 heavy (non-hydrogen) atoms. The Morgan fingerprint density at radius 3 is 2.17 bits per heavy atom. The van der Waals surface area contributed by atoms with E-state index in [9.17, 15) is 8.42 Å². The van der Waals surface area contributed by atoms with E-state index in [2.05, 4.69) is 23.6 Å². The zero-order valence-electron chi connectivity index (χ0n) is 14.2. The smallest absolute Gasteiger partial charge is 0.252 e. The third kappa shape index (κ3) is 5.00. The second-order valence-electron chi connectivity index (χ2n) is 5.89. The minimum atomic E-state index is -3.57. The summed E-state index contributed by atoms with van der Waals surface area (Å²) in [4.78, 5) is 4.16. The highest BCUT2D eigenvalue weighted by Gasteiger charge is 2.21. The fraction of sp³-hybridized carbons (Fsp3) is 0.438. The molecule has 1 heterocycles. The van der Waals surface area contributed by atoms with Gasteiger partial charge < -0.3 is 5.73 Å². The van der Waals surface area contributed by atoms with E-state index in [1.54, 1.807) is 13.8 Å². The first-order valence-electron chi connectivity index (χ1n) is 7.50. The Kier molecular flexibility index (Phi) is 7.37. The van der Waals surface area contributed by atoms with Gasteiger partial charge in [-0.2, -0.15) is 0 Å². The molecule has 0 saturated heterocycles. The molecule has 1 aromatic heterocycles. The molecule has 0 spiro atoms. The van der Waals surface area contributed by atoms with Crippen LogP contribution in [0.2, 0.25) is 0 Å². The molecule has 8 heteroatoms. The molecular weight excluding hydrogens is 366 g/mol. The minimum absolute atomic E-state index is 0. The highest BCUT2D eigenvalue weighted by atomic mass is 35.5. The Morgan fingerprint density at radius 2 is 1.71 bits per heavy atom. The average Bonchev–Trinajstić information content (AvgIpc) is 2.84. The zero-order chi connectivity index (χ0) is 17.2. The average molecular weight is 390 g/mol. The highest BCUT2D eigenvalue weighted by molar-refractivity contribution is 7.91. The summed E-state index contributed by atoms with van der Waals surface area (Å²) in [6.45, 7) is 7.89. The third-order valence-electron chi connectivity index (χ3n) is 3.63. The second-order valence-corrected chi connectivity index (χ2v) is 9.05. The van der Waals surface area contributed by atoms with E-state index >= 15 is 0 Å². The van der Waals surface area contributed by atoms with Crippen molar-refractivity contribution in [1.82, 2.24) is 9.71 Å². The number of halogens is 1. The molecule has 0 aliphatic rings. The molecule has 0 fully saturated rings. The number of hydrogen-bond acceptors (Lipinski definition) is 5. The number of thiazole rings is 1. The van der Waals surface area contributed by atoms with Gasteiger partial charge in [-0.3, -0.25) is 0 Å². The fourth-order valence-corrected chi connectivity index (χ4v) is 4.86. The van der Waals surface area contributed by atoms with Crippen molar-refractivity contribution in [2.75, 3.05) is 6.54 Å². The lowest BCUT2D eigenvalue weighted by Crippen LogP contribution is -2.31. The van der Waals surface area contributed by atoms with E-state index < -0.39 is 10.0 Å². The van der Waals surface area contributed by atoms with Gasteiger partial charge in [-0.1, -0.05) is 38.1 Å². The molecule has 0 bridgehead atoms. The molecule has 0 aliphatic heterocycles. The van der Waals surface area contributed by atoms with Gasteiger partial charge in [0, 0.05) is 12.6 Å². The van der Waals surface area contributed by atoms with Crippen molar-refractivity contribution in [2.24, 2.45) is 5.73 Å². The Bertz CT molecular complexity index is 771. The van der Waals surface area contributed by atoms with Gasteiger partial charge in [0.25, 0.3) is 10.0 Å². The first kappa shape index (κ1) is 21.1. The van der Waals surface area contributed by atoms with E-state index in [4.69, 9.17) is 5.73 Å². The summed E-state index contributed by atoms with van der Waals surface area (Å²) in [6.07, 6.45) is 0. The van der Waals surface area contributed by atoms with Gasteiger partial charge >= 0.3 is 0 Å². The largest absolute Gasteiger partial charge is 0.323 e. The maximum atomic E-state index is 12.3. The number of rotatable bonds is 6. The lowest BCUT2D eigenvalue weighted by Gasteiger charge is -2.14. The maximum Gasteiger partial charge on any atom is 0.252 e. The van der Waals surface area contributed by atoms with Gasteiger partial charge in [-0.25, -0.2) is 18.1 Å². The van der Waals surface area contributed by atoms with Crippen molar-refractivity contribution in [3.05, 3.63) is 46.1 Å². The quantitative estimate of drug-likeness (QED) is 0.793. The van der Waals surface area contributed by atoms with Crippen molar-refractivity contribution in [3.8, 4) is 0 Å². The number of nitrogens with zero attached hydrogens (tertiary/aromatic N) is 1. The van der Waals surface area contributed by atoms with Crippen LogP contribution in [0.3, 0.4) is 0 Å². The molecule has 5 nitrogen and oxygen atoms in total. The lowest BCUT2D eigenvalue weighted by atomic mass is 9.99. The van der Waals surface area contributed by atoms with E-state index in [0.29, 0.717) is 11.6 Å². The van der Waals surface area contributed by atoms with Gasteiger partial charge in [0.15, 0.2) is 4.21 Å². The van der Waals surface area contributed by atoms with Crippen molar-refractivity contribution >= 4 is 33.8 Å². The van der Waals surface area contributed by atoms with Crippen LogP contribution in [0.5, 0.6) is 0 Å². The normalized spacial score (nSPS) is 12.9. The zero-order valence-corrected chi connectivity index (χ0v) is 16.7. The van der Waals surface area contributed by atoms with Gasteiger partial charge in [-0.05, 0) is 30.9 Å². The SMILES string of the molecule is Cc1nc(C)c(S(=O)(=O)NCC(N)c2ccc(C(C)C)cc2)s1.Cl. The van der Waals surface area contributed by atoms with E-state index in [-0.39, 0.29) is 29.2 Å². The van der Waals surface area contributed by atoms with Crippen LogP contribution in [0.4, 0.5) is 0 Å². The Labute approximate surface area is 154 Å². The maximum absolute atomic E-state index is 12.3. The monoisotopic (exact) mass is 389 g/mol. The number of hydrogen-bond donors (Lipinski definition) is 2. The van der Waals surface area contributed by atoms with Crippen LogP contribution in [0.15, 0.2) is 28.5 Å². The van der Waals surface area contributed by atoms with Gasteiger partial charge in [-0.15, -0.1) is 23.7 Å². The van der Waals surface area contributed by atoms with Crippen LogP contribution in [0, 0.1) is 13.8 Å². The number of aryl methyl sites for hydroxylation is 2. The highest BCUT2D eigenvalue weighted by Crippen LogP contribution is 2.23. The molecule has 2 aromatic rings. The van der Waals surface area contributed by atoms with Crippen LogP contribution < -0.4 is 10.5 Å². The predicted octanol–water partition coefficient (Wildman–Crippen LogP) is 3.28. The number of benzene rings is 1. The Hall–Kier alpha value is -0.990. The molecule has 0 saturated carbocycles. The van der Waals surface area contributed by atoms with Crippen molar-refractivity contribution in [2.45, 2.75) is 43.9 Å². The molecule has 0 aliphatic carbocycles. The second kappa shape index (κ2) is 8.40. The first-order chi connectivity index (χ1) is 10.7. The summed E-state index contributed by atoms with van der Waals surface area (Å²) in [5.74, 6) is 0.455. The Balaban J connectivity index is 0.00000288. The summed E-state index contributed by atoms with van der Waals surface area (Å²) in [6, 6.07) is 7.59. The third-order valence-corrected chi connectivity index (χ3v) is 6.74. The Morgan fingerprint density at radius 1 is 1.17 bits per heavy atom. The number of nitrogens with one attached hydrogen (secondary N) is 1. The van der Waals surface area contributed by atoms with Crippen molar-refractivity contribution in [3.63, 3.8) is 0 Å². The van der Waals surface area contributed by atoms with Crippen LogP contribution in [-0.2, 0) is 10.0 Å². The van der Waals surface area contributed by atoms with Gasteiger partial charge in [0.1, 0.15) is 0 Å². The molecule has 134 valence electrons. The standard InChI is InChI=1S/C16H23N3O2S2.ClH/c1-10(2)13-5-7-14(8-6-13)15(17)9-18-23(20,21)16-11(3)19-12(4)22-16;/h5-8,10,15,18H,9,17H2,1-4H3;1H. The van der Waals surface area contributed by atoms with E-state index in [1.165, 1.54) is 16.9 Å². The fourth-order valence-electron chi connectivity index (χ4n) is 2.27. The van der Waals surface area contributed by atoms with Crippen LogP contribution in [0.1, 0.15) is 47.6 Å². The lowest BCUT2D eigenvalue weighted by molar-refractivity contribution is 0.573. The van der Waals surface area contributed by atoms with Crippen LogP contribution in [-0.4, -0.2) is 19.9 Å². The molecular formula is C16H24ClN3O2S2. The summed E-state index contributed by atoms with van der Waals surface area (Å²) < 4.78 is 27.5. The molecule has 0 radical (unpaired) electrons. The first-order valence-corrected chi connectivity index (χ1v) is 9.80.